The van der Waals surface area contributed by atoms with Gasteiger partial charge < -0.3 is 19.9 Å². The van der Waals surface area contributed by atoms with Gasteiger partial charge in [-0.05, 0) is 48.4 Å². The van der Waals surface area contributed by atoms with Crippen LogP contribution in [0.5, 0.6) is 0 Å². The van der Waals surface area contributed by atoms with Crippen molar-refractivity contribution in [2.24, 2.45) is 0 Å². The Morgan fingerprint density at radius 1 is 1.06 bits per heavy atom. The second kappa shape index (κ2) is 9.84. The van der Waals surface area contributed by atoms with E-state index in [9.17, 15) is 9.59 Å². The fourth-order valence-corrected chi connectivity index (χ4v) is 3.98. The van der Waals surface area contributed by atoms with Gasteiger partial charge in [-0.25, -0.2) is 4.98 Å². The first-order valence-electron chi connectivity index (χ1n) is 11.3. The molecule has 1 aliphatic rings. The molecule has 172 valence electrons. The molecule has 5 rings (SSSR count). The molecular weight excluding hydrogens is 430 g/mol. The second-order valence-electron chi connectivity index (χ2n) is 8.17. The molecule has 34 heavy (non-hydrogen) atoms. The van der Waals surface area contributed by atoms with Crippen molar-refractivity contribution in [2.75, 3.05) is 32.8 Å². The largest absolute Gasteiger partial charge is 0.378 e. The minimum Gasteiger partial charge on any atom is -0.378 e. The third-order valence-corrected chi connectivity index (χ3v) is 5.87. The molecule has 0 bridgehead atoms. The van der Waals surface area contributed by atoms with E-state index in [0.29, 0.717) is 56.2 Å². The summed E-state index contributed by atoms with van der Waals surface area (Å²) in [6, 6.07) is 17.0. The molecule has 3 aromatic heterocycles. The monoisotopic (exact) mass is 455 g/mol. The highest BCUT2D eigenvalue weighted by Gasteiger charge is 2.18. The SMILES string of the molecule is O=C(NCCc1cccnc1)c1cc2ccc(-c3ccc(C(=O)N4CCOCC4)cc3)nc2[nH]1. The van der Waals surface area contributed by atoms with Gasteiger partial charge in [0.25, 0.3) is 11.8 Å². The van der Waals surface area contributed by atoms with Crippen LogP contribution < -0.4 is 5.32 Å². The number of nitrogens with zero attached hydrogens (tertiary/aromatic N) is 3. The van der Waals surface area contributed by atoms with Crippen LogP contribution in [0.4, 0.5) is 0 Å². The summed E-state index contributed by atoms with van der Waals surface area (Å²) in [6.07, 6.45) is 4.24. The van der Waals surface area contributed by atoms with Crippen LogP contribution in [-0.2, 0) is 11.2 Å². The fourth-order valence-electron chi connectivity index (χ4n) is 3.98. The summed E-state index contributed by atoms with van der Waals surface area (Å²) in [6.45, 7) is 2.91. The van der Waals surface area contributed by atoms with Crippen LogP contribution in [-0.4, -0.2) is 64.5 Å². The number of rotatable bonds is 6. The van der Waals surface area contributed by atoms with Crippen LogP contribution in [0.2, 0.25) is 0 Å². The second-order valence-corrected chi connectivity index (χ2v) is 8.17. The molecule has 0 saturated carbocycles. The highest BCUT2D eigenvalue weighted by molar-refractivity contribution is 5.97. The number of hydrogen-bond donors (Lipinski definition) is 2. The predicted octanol–water partition coefficient (Wildman–Crippen LogP) is 3.07. The Kier molecular flexibility index (Phi) is 6.31. The maximum absolute atomic E-state index is 12.7. The number of H-pyrrole nitrogens is 1. The van der Waals surface area contributed by atoms with E-state index >= 15 is 0 Å². The third kappa shape index (κ3) is 4.82. The van der Waals surface area contributed by atoms with E-state index in [4.69, 9.17) is 4.74 Å². The van der Waals surface area contributed by atoms with Crippen LogP contribution in [0.25, 0.3) is 22.3 Å². The van der Waals surface area contributed by atoms with E-state index in [1.807, 2.05) is 53.4 Å². The number of aromatic nitrogens is 3. The van der Waals surface area contributed by atoms with Gasteiger partial charge in [0.15, 0.2) is 0 Å². The molecule has 2 N–H and O–H groups in total. The van der Waals surface area contributed by atoms with Crippen LogP contribution in [0, 0.1) is 0 Å². The molecule has 2 amide bonds. The summed E-state index contributed by atoms with van der Waals surface area (Å²) in [5.74, 6) is -0.156. The Balaban J connectivity index is 1.26. The molecule has 0 aliphatic carbocycles. The van der Waals surface area contributed by atoms with Gasteiger partial charge in [0, 0.05) is 48.5 Å². The summed E-state index contributed by atoms with van der Waals surface area (Å²) in [5, 5.41) is 3.79. The van der Waals surface area contributed by atoms with E-state index in [0.717, 1.165) is 22.2 Å². The molecule has 8 heteroatoms. The normalized spacial score (nSPS) is 13.7. The number of hydrogen-bond acceptors (Lipinski definition) is 5. The lowest BCUT2D eigenvalue weighted by atomic mass is 10.1. The highest BCUT2D eigenvalue weighted by atomic mass is 16.5. The topological polar surface area (TPSA) is 100 Å². The molecular formula is C26H25N5O3. The van der Waals surface area contributed by atoms with Crippen molar-refractivity contribution in [2.45, 2.75) is 6.42 Å². The van der Waals surface area contributed by atoms with Gasteiger partial charge in [-0.1, -0.05) is 18.2 Å². The maximum Gasteiger partial charge on any atom is 0.267 e. The Bertz CT molecular complexity index is 1300. The van der Waals surface area contributed by atoms with Crippen molar-refractivity contribution >= 4 is 22.8 Å². The summed E-state index contributed by atoms with van der Waals surface area (Å²) in [4.78, 5) is 38.9. The number of carbonyl (C=O) groups is 2. The van der Waals surface area contributed by atoms with E-state index in [1.165, 1.54) is 0 Å². The van der Waals surface area contributed by atoms with Gasteiger partial charge in [-0.2, -0.15) is 0 Å². The lowest BCUT2D eigenvalue weighted by molar-refractivity contribution is 0.0303. The Labute approximate surface area is 197 Å². The van der Waals surface area contributed by atoms with E-state index < -0.39 is 0 Å². The number of pyridine rings is 2. The highest BCUT2D eigenvalue weighted by Crippen LogP contribution is 2.22. The number of benzene rings is 1. The van der Waals surface area contributed by atoms with Crippen LogP contribution >= 0.6 is 0 Å². The molecule has 1 aromatic carbocycles. The predicted molar refractivity (Wildman–Crippen MR) is 129 cm³/mol. The smallest absolute Gasteiger partial charge is 0.267 e. The van der Waals surface area contributed by atoms with Crippen molar-refractivity contribution < 1.29 is 14.3 Å². The number of carbonyl (C=O) groups excluding carboxylic acids is 2. The van der Waals surface area contributed by atoms with E-state index in [2.05, 4.69) is 20.3 Å². The van der Waals surface area contributed by atoms with Gasteiger partial charge in [0.1, 0.15) is 11.3 Å². The van der Waals surface area contributed by atoms with Crippen LogP contribution in [0.1, 0.15) is 26.4 Å². The Hall–Kier alpha value is -4.04. The number of nitrogens with one attached hydrogen (secondary N) is 2. The molecule has 8 nitrogen and oxygen atoms in total. The number of amides is 2. The van der Waals surface area contributed by atoms with Crippen molar-refractivity contribution in [1.29, 1.82) is 0 Å². The first-order chi connectivity index (χ1) is 16.7. The number of aromatic amines is 1. The van der Waals surface area contributed by atoms with Gasteiger partial charge >= 0.3 is 0 Å². The average Bonchev–Trinajstić information content (AvgIpc) is 3.33. The standard InChI is InChI=1S/C26H25N5O3/c32-25(28-11-9-18-2-1-10-27-17-18)23-16-21-7-8-22(29-24(21)30-23)19-3-5-20(6-4-19)26(33)31-12-14-34-15-13-31/h1-8,10,16-17H,9,11-15H2,(H,28,32)(H,29,30). The van der Waals surface area contributed by atoms with Gasteiger partial charge in [0.05, 0.1) is 18.9 Å². The van der Waals surface area contributed by atoms with E-state index in [-0.39, 0.29) is 11.8 Å². The maximum atomic E-state index is 12.7. The molecule has 0 radical (unpaired) electrons. The lowest BCUT2D eigenvalue weighted by Gasteiger charge is -2.26. The number of fused-ring (bicyclic) bond motifs is 1. The molecule has 0 unspecified atom stereocenters. The Morgan fingerprint density at radius 2 is 1.88 bits per heavy atom. The minimum atomic E-state index is -0.172. The minimum absolute atomic E-state index is 0.0156. The molecule has 4 heterocycles. The molecule has 1 fully saturated rings. The van der Waals surface area contributed by atoms with Crippen molar-refractivity contribution in [3.8, 4) is 11.3 Å². The fraction of sp³-hybridized carbons (Fsp3) is 0.231. The van der Waals surface area contributed by atoms with Crippen LogP contribution in [0.15, 0.2) is 67.0 Å². The summed E-state index contributed by atoms with van der Waals surface area (Å²) >= 11 is 0. The zero-order valence-electron chi connectivity index (χ0n) is 18.7. The summed E-state index contributed by atoms with van der Waals surface area (Å²) < 4.78 is 5.32. The van der Waals surface area contributed by atoms with Gasteiger partial charge in [-0.3, -0.25) is 14.6 Å². The zero-order valence-corrected chi connectivity index (χ0v) is 18.7. The quantitative estimate of drug-likeness (QED) is 0.465. The molecule has 1 aliphatic heterocycles. The van der Waals surface area contributed by atoms with E-state index in [1.54, 1.807) is 18.5 Å². The van der Waals surface area contributed by atoms with Crippen molar-refractivity contribution in [1.82, 2.24) is 25.2 Å². The van der Waals surface area contributed by atoms with Crippen LogP contribution in [0.3, 0.4) is 0 Å². The Morgan fingerprint density at radius 3 is 2.65 bits per heavy atom. The first-order valence-corrected chi connectivity index (χ1v) is 11.3. The molecule has 1 saturated heterocycles. The molecule has 0 spiro atoms. The lowest BCUT2D eigenvalue weighted by Crippen LogP contribution is -2.40. The average molecular weight is 456 g/mol. The molecule has 4 aromatic rings. The zero-order chi connectivity index (χ0) is 23.3. The number of ether oxygens (including phenoxy) is 1. The molecule has 0 atom stereocenters. The van der Waals surface area contributed by atoms with Gasteiger partial charge in [-0.15, -0.1) is 0 Å². The van der Waals surface area contributed by atoms with Gasteiger partial charge in [0.2, 0.25) is 0 Å². The number of morpholine rings is 1. The summed E-state index contributed by atoms with van der Waals surface area (Å²) in [7, 11) is 0. The van der Waals surface area contributed by atoms with Crippen molar-refractivity contribution in [3.63, 3.8) is 0 Å². The first kappa shape index (κ1) is 21.8. The third-order valence-electron chi connectivity index (χ3n) is 5.87. The summed E-state index contributed by atoms with van der Waals surface area (Å²) in [5.41, 5.74) is 4.50. The van der Waals surface area contributed by atoms with Crippen molar-refractivity contribution in [3.05, 3.63) is 83.8 Å².